The molecule has 0 spiro atoms. The number of hydrogen-bond donors (Lipinski definition) is 2. The predicted octanol–water partition coefficient (Wildman–Crippen LogP) is 1.97. The van der Waals surface area contributed by atoms with Crippen molar-refractivity contribution in [2.75, 3.05) is 40.4 Å². The summed E-state index contributed by atoms with van der Waals surface area (Å²) in [7, 11) is 3.19. The van der Waals surface area contributed by atoms with E-state index in [0.717, 1.165) is 12.1 Å². The highest BCUT2D eigenvalue weighted by atomic mass is 16.5. The van der Waals surface area contributed by atoms with Gasteiger partial charge in [0.2, 0.25) is 5.91 Å². The van der Waals surface area contributed by atoms with E-state index in [1.807, 2.05) is 25.1 Å². The van der Waals surface area contributed by atoms with Gasteiger partial charge in [0.05, 0.1) is 20.1 Å². The molecule has 3 rings (SSSR count). The van der Waals surface area contributed by atoms with Gasteiger partial charge in [-0.1, -0.05) is 12.1 Å². The Hall–Kier alpha value is -2.44. The van der Waals surface area contributed by atoms with Crippen LogP contribution in [0.2, 0.25) is 0 Å². The molecule has 3 amide bonds. The van der Waals surface area contributed by atoms with Crippen LogP contribution in [0, 0.1) is 11.8 Å². The van der Waals surface area contributed by atoms with E-state index >= 15 is 0 Å². The highest BCUT2D eigenvalue weighted by molar-refractivity contribution is 5.83. The van der Waals surface area contributed by atoms with Gasteiger partial charge in [0.15, 0.2) is 11.5 Å². The van der Waals surface area contributed by atoms with Gasteiger partial charge in [-0.25, -0.2) is 4.79 Å². The number of urea groups is 1. The Morgan fingerprint density at radius 3 is 2.56 bits per heavy atom. The van der Waals surface area contributed by atoms with E-state index in [0.29, 0.717) is 37.1 Å². The van der Waals surface area contributed by atoms with Gasteiger partial charge >= 0.3 is 6.03 Å². The number of hydrogen-bond acceptors (Lipinski definition) is 4. The number of methoxy groups -OCH3 is 2. The minimum absolute atomic E-state index is 0.00331. The van der Waals surface area contributed by atoms with Crippen molar-refractivity contribution in [3.63, 3.8) is 0 Å². The van der Waals surface area contributed by atoms with Crippen molar-refractivity contribution in [2.45, 2.75) is 25.7 Å². The maximum Gasteiger partial charge on any atom is 0.317 e. The maximum absolute atomic E-state index is 12.9. The lowest BCUT2D eigenvalue weighted by Crippen LogP contribution is -2.40. The van der Waals surface area contributed by atoms with Crippen LogP contribution in [-0.4, -0.2) is 57.2 Å². The van der Waals surface area contributed by atoms with Gasteiger partial charge in [-0.3, -0.25) is 4.79 Å². The molecule has 1 aromatic carbocycles. The standard InChI is InChI=1S/C20H29N3O4/c1-4-21-20(25)23-11-15(14-6-5-7-17(26-2)18(14)27-3)16(12-23)19(24)22-10-13-8-9-13/h5-7,13,15-16H,4,8-12H2,1-3H3,(H,21,25)(H,22,24)/t15-,16+/m0/s1. The number of likely N-dealkylation sites (tertiary alicyclic amines) is 1. The molecule has 7 heteroatoms. The average molecular weight is 375 g/mol. The number of amides is 3. The van der Waals surface area contributed by atoms with Crippen LogP contribution in [0.15, 0.2) is 18.2 Å². The SMILES string of the molecule is CCNC(=O)N1C[C@@H](C(=O)NCC2CC2)[C@H](c2cccc(OC)c2OC)C1. The van der Waals surface area contributed by atoms with E-state index in [-0.39, 0.29) is 23.8 Å². The van der Waals surface area contributed by atoms with Gasteiger partial charge in [-0.15, -0.1) is 0 Å². The second kappa shape index (κ2) is 8.50. The molecule has 2 N–H and O–H groups in total. The smallest absolute Gasteiger partial charge is 0.317 e. The summed E-state index contributed by atoms with van der Waals surface area (Å²) in [6, 6.07) is 5.54. The molecule has 7 nitrogen and oxygen atoms in total. The van der Waals surface area contributed by atoms with Crippen molar-refractivity contribution in [2.24, 2.45) is 11.8 Å². The molecule has 1 saturated carbocycles. The zero-order chi connectivity index (χ0) is 19.4. The van der Waals surface area contributed by atoms with Crippen molar-refractivity contribution in [1.29, 1.82) is 0 Å². The second-order valence-corrected chi connectivity index (χ2v) is 7.22. The molecule has 0 radical (unpaired) electrons. The van der Waals surface area contributed by atoms with E-state index in [9.17, 15) is 9.59 Å². The first kappa shape index (κ1) is 19.3. The summed E-state index contributed by atoms with van der Waals surface area (Å²) in [4.78, 5) is 27.0. The maximum atomic E-state index is 12.9. The second-order valence-electron chi connectivity index (χ2n) is 7.22. The van der Waals surface area contributed by atoms with E-state index in [1.54, 1.807) is 19.1 Å². The molecule has 1 aliphatic heterocycles. The van der Waals surface area contributed by atoms with Crippen molar-refractivity contribution in [1.82, 2.24) is 15.5 Å². The molecular formula is C20H29N3O4. The molecule has 2 fully saturated rings. The van der Waals surface area contributed by atoms with Crippen LogP contribution in [-0.2, 0) is 4.79 Å². The van der Waals surface area contributed by atoms with Gasteiger partial charge in [-0.05, 0) is 31.7 Å². The third kappa shape index (κ3) is 4.28. The number of nitrogens with one attached hydrogen (secondary N) is 2. The van der Waals surface area contributed by atoms with Crippen molar-refractivity contribution >= 4 is 11.9 Å². The number of ether oxygens (including phenoxy) is 2. The highest BCUT2D eigenvalue weighted by Gasteiger charge is 2.42. The van der Waals surface area contributed by atoms with E-state index in [4.69, 9.17) is 9.47 Å². The third-order valence-electron chi connectivity index (χ3n) is 5.37. The van der Waals surface area contributed by atoms with Crippen LogP contribution >= 0.6 is 0 Å². The number of carbonyl (C=O) groups excluding carboxylic acids is 2. The number of benzene rings is 1. The normalized spacial score (nSPS) is 21.7. The van der Waals surface area contributed by atoms with Crippen LogP contribution in [0.25, 0.3) is 0 Å². The lowest BCUT2D eigenvalue weighted by Gasteiger charge is -2.21. The Kier molecular flexibility index (Phi) is 6.08. The van der Waals surface area contributed by atoms with Gasteiger partial charge < -0.3 is 25.0 Å². The van der Waals surface area contributed by atoms with Crippen LogP contribution < -0.4 is 20.1 Å². The van der Waals surface area contributed by atoms with Crippen molar-refractivity contribution < 1.29 is 19.1 Å². The number of para-hydroxylation sites is 1. The Labute approximate surface area is 160 Å². The number of rotatable bonds is 7. The molecule has 1 saturated heterocycles. The summed E-state index contributed by atoms with van der Waals surface area (Å²) < 4.78 is 11.0. The molecule has 148 valence electrons. The molecule has 1 aliphatic carbocycles. The largest absolute Gasteiger partial charge is 0.493 e. The summed E-state index contributed by atoms with van der Waals surface area (Å²) in [5.41, 5.74) is 0.898. The first-order valence-corrected chi connectivity index (χ1v) is 9.60. The van der Waals surface area contributed by atoms with Crippen LogP contribution in [0.1, 0.15) is 31.2 Å². The predicted molar refractivity (Wildman–Crippen MR) is 102 cm³/mol. The van der Waals surface area contributed by atoms with Crippen molar-refractivity contribution in [3.8, 4) is 11.5 Å². The molecule has 1 heterocycles. The summed E-state index contributed by atoms with van der Waals surface area (Å²) >= 11 is 0. The highest BCUT2D eigenvalue weighted by Crippen LogP contribution is 2.42. The summed E-state index contributed by atoms with van der Waals surface area (Å²) in [5.74, 6) is 1.42. The molecule has 1 aromatic rings. The molecule has 27 heavy (non-hydrogen) atoms. The van der Waals surface area contributed by atoms with E-state index in [2.05, 4.69) is 10.6 Å². The zero-order valence-electron chi connectivity index (χ0n) is 16.3. The third-order valence-corrected chi connectivity index (χ3v) is 5.37. The lowest BCUT2D eigenvalue weighted by molar-refractivity contribution is -0.125. The van der Waals surface area contributed by atoms with Crippen LogP contribution in [0.5, 0.6) is 11.5 Å². The molecule has 0 unspecified atom stereocenters. The minimum Gasteiger partial charge on any atom is -0.493 e. The Morgan fingerprint density at radius 2 is 1.93 bits per heavy atom. The summed E-state index contributed by atoms with van der Waals surface area (Å²) in [5, 5.41) is 5.90. The first-order valence-electron chi connectivity index (χ1n) is 9.60. The van der Waals surface area contributed by atoms with Crippen LogP contribution in [0.4, 0.5) is 4.79 Å². The fourth-order valence-corrected chi connectivity index (χ4v) is 3.72. The van der Waals surface area contributed by atoms with Gasteiger partial charge in [0.25, 0.3) is 0 Å². The van der Waals surface area contributed by atoms with Crippen LogP contribution in [0.3, 0.4) is 0 Å². The van der Waals surface area contributed by atoms with Gasteiger partial charge in [-0.2, -0.15) is 0 Å². The quantitative estimate of drug-likeness (QED) is 0.764. The number of carbonyl (C=O) groups is 2. The molecule has 0 aromatic heterocycles. The van der Waals surface area contributed by atoms with Crippen molar-refractivity contribution in [3.05, 3.63) is 23.8 Å². The lowest BCUT2D eigenvalue weighted by atomic mass is 9.87. The minimum atomic E-state index is -0.313. The Bertz CT molecular complexity index is 690. The van der Waals surface area contributed by atoms with E-state index in [1.165, 1.54) is 12.8 Å². The molecular weight excluding hydrogens is 346 g/mol. The fraction of sp³-hybridized carbons (Fsp3) is 0.600. The summed E-state index contributed by atoms with van der Waals surface area (Å²) in [6.07, 6.45) is 2.37. The van der Waals surface area contributed by atoms with Gasteiger partial charge in [0, 0.05) is 37.7 Å². The summed E-state index contributed by atoms with van der Waals surface area (Å²) in [6.45, 7) is 4.03. The number of nitrogens with zero attached hydrogens (tertiary/aromatic N) is 1. The average Bonchev–Trinajstić information content (AvgIpc) is 3.41. The Morgan fingerprint density at radius 1 is 1.15 bits per heavy atom. The first-order chi connectivity index (χ1) is 13.1. The monoisotopic (exact) mass is 375 g/mol. The topological polar surface area (TPSA) is 79.9 Å². The zero-order valence-corrected chi connectivity index (χ0v) is 16.3. The Balaban J connectivity index is 1.86. The van der Waals surface area contributed by atoms with E-state index < -0.39 is 0 Å². The van der Waals surface area contributed by atoms with Gasteiger partial charge in [0.1, 0.15) is 0 Å². The fourth-order valence-electron chi connectivity index (χ4n) is 3.72. The molecule has 2 atom stereocenters. The molecule has 2 aliphatic rings. The molecule has 0 bridgehead atoms.